The van der Waals surface area contributed by atoms with Gasteiger partial charge in [-0.2, -0.15) is 0 Å². The van der Waals surface area contributed by atoms with Crippen LogP contribution in [0.2, 0.25) is 0 Å². The number of hydrogen-bond donors (Lipinski definition) is 3. The van der Waals surface area contributed by atoms with E-state index in [1.165, 1.54) is 48.8 Å². The van der Waals surface area contributed by atoms with E-state index in [1.54, 1.807) is 37.3 Å². The third-order valence-corrected chi connectivity index (χ3v) is 6.37. The molecule has 0 saturated carbocycles. The number of carboxylic acid groups (broad SMARTS) is 1. The molecule has 0 unspecified atom stereocenters. The summed E-state index contributed by atoms with van der Waals surface area (Å²) >= 11 is 1.22. The van der Waals surface area contributed by atoms with E-state index in [2.05, 4.69) is 15.6 Å². The molecule has 0 spiro atoms. The topological polar surface area (TPSA) is 101 Å². The van der Waals surface area contributed by atoms with Crippen molar-refractivity contribution in [2.75, 3.05) is 12.4 Å². The van der Waals surface area contributed by atoms with Crippen molar-refractivity contribution in [1.29, 1.82) is 0 Å². The van der Waals surface area contributed by atoms with E-state index in [-0.39, 0.29) is 17.1 Å². The van der Waals surface area contributed by atoms with E-state index < -0.39 is 29.8 Å². The Morgan fingerprint density at radius 1 is 1.03 bits per heavy atom. The van der Waals surface area contributed by atoms with E-state index in [9.17, 15) is 23.5 Å². The van der Waals surface area contributed by atoms with Crippen LogP contribution in [-0.2, 0) is 9.53 Å². The smallest absolute Gasteiger partial charge is 0.328 e. The van der Waals surface area contributed by atoms with E-state index in [0.717, 1.165) is 0 Å². The van der Waals surface area contributed by atoms with Crippen molar-refractivity contribution < 1.29 is 28.2 Å². The van der Waals surface area contributed by atoms with E-state index in [4.69, 9.17) is 4.74 Å². The molecule has 1 amide bonds. The van der Waals surface area contributed by atoms with Gasteiger partial charge in [0.1, 0.15) is 11.6 Å². The fourth-order valence-corrected chi connectivity index (χ4v) is 4.32. The van der Waals surface area contributed by atoms with E-state index in [1.807, 2.05) is 0 Å². The lowest BCUT2D eigenvalue weighted by molar-refractivity contribution is -0.142. The van der Waals surface area contributed by atoms with Crippen LogP contribution < -0.4 is 10.6 Å². The summed E-state index contributed by atoms with van der Waals surface area (Å²) in [6, 6.07) is 14.1. The number of amides is 1. The molecule has 35 heavy (non-hydrogen) atoms. The summed E-state index contributed by atoms with van der Waals surface area (Å²) in [6.45, 7) is 1.55. The van der Waals surface area contributed by atoms with Gasteiger partial charge in [-0.1, -0.05) is 29.5 Å². The summed E-state index contributed by atoms with van der Waals surface area (Å²) in [6.07, 6.45) is -0.713. The van der Waals surface area contributed by atoms with Gasteiger partial charge in [-0.05, 0) is 60.5 Å². The van der Waals surface area contributed by atoms with Crippen LogP contribution in [0.15, 0.2) is 60.7 Å². The molecule has 4 aromatic rings. The van der Waals surface area contributed by atoms with Crippen molar-refractivity contribution >= 4 is 44.2 Å². The van der Waals surface area contributed by atoms with Crippen LogP contribution in [0.25, 0.3) is 21.3 Å². The van der Waals surface area contributed by atoms with Gasteiger partial charge in [0.2, 0.25) is 0 Å². The number of aliphatic carboxylic acids is 1. The summed E-state index contributed by atoms with van der Waals surface area (Å²) in [7, 11) is 1.36. The third kappa shape index (κ3) is 5.44. The van der Waals surface area contributed by atoms with Crippen LogP contribution in [0.5, 0.6) is 0 Å². The number of nitrogens with one attached hydrogen (secondary N) is 2. The van der Waals surface area contributed by atoms with Crippen molar-refractivity contribution in [1.82, 2.24) is 10.3 Å². The number of thiazole rings is 1. The molecule has 0 fully saturated rings. The summed E-state index contributed by atoms with van der Waals surface area (Å²) < 4.78 is 33.9. The number of rotatable bonds is 8. The zero-order valence-corrected chi connectivity index (χ0v) is 19.5. The van der Waals surface area contributed by atoms with Crippen LogP contribution in [0.4, 0.5) is 19.6 Å². The first kappa shape index (κ1) is 24.2. The zero-order chi connectivity index (χ0) is 25.1. The minimum Gasteiger partial charge on any atom is -0.480 e. The molecule has 180 valence electrons. The van der Waals surface area contributed by atoms with Crippen LogP contribution in [0.1, 0.15) is 17.3 Å². The van der Waals surface area contributed by atoms with Crippen LogP contribution in [-0.4, -0.2) is 41.2 Å². The highest BCUT2D eigenvalue weighted by Crippen LogP contribution is 2.31. The molecule has 0 radical (unpaired) electrons. The maximum atomic E-state index is 14.8. The molecule has 1 aromatic heterocycles. The van der Waals surface area contributed by atoms with Crippen LogP contribution in [0.3, 0.4) is 0 Å². The first-order valence-corrected chi connectivity index (χ1v) is 11.4. The van der Waals surface area contributed by atoms with Crippen LogP contribution in [0, 0.1) is 11.6 Å². The predicted molar refractivity (Wildman–Crippen MR) is 130 cm³/mol. The molecule has 2 atom stereocenters. The number of anilines is 2. The Morgan fingerprint density at radius 2 is 1.74 bits per heavy atom. The molecular formula is C25H21F2N3O4S. The largest absolute Gasteiger partial charge is 0.480 e. The summed E-state index contributed by atoms with van der Waals surface area (Å²) in [5, 5.41) is 15.1. The molecule has 0 aliphatic carbocycles. The molecule has 3 N–H and O–H groups in total. The highest BCUT2D eigenvalue weighted by molar-refractivity contribution is 7.22. The molecule has 0 saturated heterocycles. The van der Waals surface area contributed by atoms with Gasteiger partial charge in [-0.3, -0.25) is 4.79 Å². The van der Waals surface area contributed by atoms with Gasteiger partial charge in [0, 0.05) is 12.7 Å². The molecule has 0 bridgehead atoms. The molecule has 7 nitrogen and oxygen atoms in total. The second-order valence-corrected chi connectivity index (χ2v) is 8.79. The number of methoxy groups -OCH3 is 1. The minimum absolute atomic E-state index is 0.219. The molecule has 3 aromatic carbocycles. The first-order chi connectivity index (χ1) is 16.7. The quantitative estimate of drug-likeness (QED) is 0.309. The number of fused-ring (bicyclic) bond motifs is 1. The monoisotopic (exact) mass is 497 g/mol. The molecule has 4 rings (SSSR count). The molecule has 0 aliphatic heterocycles. The Kier molecular flexibility index (Phi) is 7.04. The van der Waals surface area contributed by atoms with E-state index in [0.29, 0.717) is 26.5 Å². The van der Waals surface area contributed by atoms with Crippen molar-refractivity contribution in [3.8, 4) is 11.1 Å². The summed E-state index contributed by atoms with van der Waals surface area (Å²) in [5.41, 5.74) is 2.35. The normalized spacial score (nSPS) is 12.8. The Labute approximate surface area is 203 Å². The lowest BCUT2D eigenvalue weighted by Crippen LogP contribution is -2.48. The SMILES string of the molecule is CO[C@@H](C)[C@H](NC(=O)c1ccc(-c2ccc(Nc3nc4ccc(F)cc4s3)c(F)c2)cc1)C(=O)O. The van der Waals surface area contributed by atoms with Gasteiger partial charge in [0.25, 0.3) is 5.91 Å². The van der Waals surface area contributed by atoms with Crippen molar-refractivity contribution in [3.63, 3.8) is 0 Å². The fraction of sp³-hybridized carbons (Fsp3) is 0.160. The van der Waals surface area contributed by atoms with Gasteiger partial charge >= 0.3 is 5.97 Å². The highest BCUT2D eigenvalue weighted by atomic mass is 32.1. The number of nitrogens with zero attached hydrogens (tertiary/aromatic N) is 1. The second-order valence-electron chi connectivity index (χ2n) is 7.76. The highest BCUT2D eigenvalue weighted by Gasteiger charge is 2.26. The molecule has 1 heterocycles. The zero-order valence-electron chi connectivity index (χ0n) is 18.7. The number of carboxylic acids is 1. The van der Waals surface area contributed by atoms with Crippen LogP contribution >= 0.6 is 11.3 Å². The lowest BCUT2D eigenvalue weighted by Gasteiger charge is -2.20. The second kappa shape index (κ2) is 10.2. The maximum absolute atomic E-state index is 14.8. The number of benzene rings is 3. The van der Waals surface area contributed by atoms with Gasteiger partial charge in [0.05, 0.1) is 22.0 Å². The van der Waals surface area contributed by atoms with Gasteiger partial charge in [-0.15, -0.1) is 0 Å². The van der Waals surface area contributed by atoms with Crippen molar-refractivity contribution in [3.05, 3.63) is 77.9 Å². The van der Waals surface area contributed by atoms with Crippen molar-refractivity contribution in [2.45, 2.75) is 19.1 Å². The number of carbonyl (C=O) groups excluding carboxylic acids is 1. The molecule has 10 heteroatoms. The molecule has 0 aliphatic rings. The average molecular weight is 498 g/mol. The Morgan fingerprint density at radius 3 is 2.40 bits per heavy atom. The minimum atomic E-state index is -1.20. The number of aromatic nitrogens is 1. The predicted octanol–water partition coefficient (Wildman–Crippen LogP) is 5.20. The Hall–Kier alpha value is -3.89. The van der Waals surface area contributed by atoms with Crippen molar-refractivity contribution in [2.24, 2.45) is 0 Å². The van der Waals surface area contributed by atoms with Gasteiger partial charge in [0.15, 0.2) is 11.2 Å². The average Bonchev–Trinajstić information content (AvgIpc) is 3.24. The van der Waals surface area contributed by atoms with Gasteiger partial charge < -0.3 is 20.5 Å². The Balaban J connectivity index is 1.48. The first-order valence-electron chi connectivity index (χ1n) is 10.5. The number of ether oxygens (including phenoxy) is 1. The number of halogens is 2. The fourth-order valence-electron chi connectivity index (χ4n) is 3.42. The third-order valence-electron chi connectivity index (χ3n) is 5.44. The molecular weight excluding hydrogens is 476 g/mol. The van der Waals surface area contributed by atoms with Gasteiger partial charge in [-0.25, -0.2) is 18.6 Å². The maximum Gasteiger partial charge on any atom is 0.328 e. The standard InChI is InChI=1S/C25H21F2N3O4S/c1-13(34-2)22(24(32)33)30-23(31)15-5-3-14(4-6-15)16-7-9-19(18(27)11-16)28-25-29-20-10-8-17(26)12-21(20)35-25/h3-13,22H,1-2H3,(H,28,29)(H,30,31)(H,32,33)/t13-,22-/m0/s1. The lowest BCUT2D eigenvalue weighted by atomic mass is 10.0. The Bertz CT molecular complexity index is 1390. The summed E-state index contributed by atoms with van der Waals surface area (Å²) in [5.74, 6) is -2.63. The van der Waals surface area contributed by atoms with E-state index >= 15 is 0 Å². The number of carbonyl (C=O) groups is 2. The summed E-state index contributed by atoms with van der Waals surface area (Å²) in [4.78, 5) is 28.2. The number of hydrogen-bond acceptors (Lipinski definition) is 6.